The van der Waals surface area contributed by atoms with Crippen LogP contribution in [0, 0.1) is 0 Å². The van der Waals surface area contributed by atoms with Crippen molar-refractivity contribution in [1.29, 1.82) is 0 Å². The molecule has 38 heavy (non-hydrogen) atoms. The topological polar surface area (TPSA) is 100 Å². The molecule has 1 N–H and O–H groups in total. The van der Waals surface area contributed by atoms with Crippen LogP contribution in [0.15, 0.2) is 78.9 Å². The second-order valence-electron chi connectivity index (χ2n) is 9.65. The Morgan fingerprint density at radius 1 is 0.789 bits per heavy atom. The van der Waals surface area contributed by atoms with Gasteiger partial charge in [-0.15, -0.1) is 0 Å². The highest BCUT2D eigenvalue weighted by Gasteiger charge is 2.26. The average Bonchev–Trinajstić information content (AvgIpc) is 2.86. The first kappa shape index (κ1) is 28.2. The van der Waals surface area contributed by atoms with Gasteiger partial charge in [0.15, 0.2) is 11.5 Å². The Morgan fingerprint density at radius 3 is 1.97 bits per heavy atom. The van der Waals surface area contributed by atoms with Crippen LogP contribution in [0.4, 0.5) is 4.79 Å². The fourth-order valence-corrected chi connectivity index (χ4v) is 3.48. The zero-order valence-electron chi connectivity index (χ0n) is 22.1. The molecular formula is C30H33NO7. The number of hydrogen-bond donors (Lipinski definition) is 1. The van der Waals surface area contributed by atoms with Crippen LogP contribution in [-0.4, -0.2) is 29.7 Å². The van der Waals surface area contributed by atoms with Crippen molar-refractivity contribution in [3.05, 3.63) is 95.6 Å². The van der Waals surface area contributed by atoms with E-state index in [4.69, 9.17) is 18.9 Å². The molecule has 0 aliphatic rings. The molecule has 0 unspecified atom stereocenters. The van der Waals surface area contributed by atoms with Gasteiger partial charge in [0.05, 0.1) is 0 Å². The fraction of sp³-hybridized carbons (Fsp3) is 0.300. The van der Waals surface area contributed by atoms with E-state index in [2.05, 4.69) is 5.32 Å². The number of carbonyl (C=O) groups is 3. The molecule has 3 aromatic carbocycles. The van der Waals surface area contributed by atoms with E-state index in [0.717, 1.165) is 11.1 Å². The lowest BCUT2D eigenvalue weighted by molar-refractivity contribution is -0.147. The van der Waals surface area contributed by atoms with Gasteiger partial charge in [-0.1, -0.05) is 66.7 Å². The smallest absolute Gasteiger partial charge is 0.408 e. The zero-order valence-corrected chi connectivity index (χ0v) is 22.1. The summed E-state index contributed by atoms with van der Waals surface area (Å²) >= 11 is 0. The molecule has 0 radical (unpaired) electrons. The summed E-state index contributed by atoms with van der Waals surface area (Å²) in [5.74, 6) is -0.564. The summed E-state index contributed by atoms with van der Waals surface area (Å²) in [4.78, 5) is 37.3. The second-order valence-corrected chi connectivity index (χ2v) is 9.65. The summed E-state index contributed by atoms with van der Waals surface area (Å²) in [6.07, 6.45) is -0.678. The van der Waals surface area contributed by atoms with Crippen LogP contribution in [0.5, 0.6) is 11.5 Å². The molecule has 0 fully saturated rings. The summed E-state index contributed by atoms with van der Waals surface area (Å²) in [5, 5.41) is 2.60. The fourth-order valence-electron chi connectivity index (χ4n) is 3.48. The number of hydrogen-bond acceptors (Lipinski definition) is 7. The molecule has 1 amide bonds. The minimum absolute atomic E-state index is 0.0527. The van der Waals surface area contributed by atoms with E-state index in [1.54, 1.807) is 39.0 Å². The van der Waals surface area contributed by atoms with E-state index in [1.807, 2.05) is 60.7 Å². The van der Waals surface area contributed by atoms with Gasteiger partial charge in [-0.3, -0.25) is 4.79 Å². The molecular weight excluding hydrogens is 486 g/mol. The maximum atomic E-state index is 13.0. The first-order valence-electron chi connectivity index (χ1n) is 12.3. The van der Waals surface area contributed by atoms with Gasteiger partial charge in [0, 0.05) is 13.3 Å². The molecule has 200 valence electrons. The number of esters is 2. The predicted octanol–water partition coefficient (Wildman–Crippen LogP) is 5.37. The predicted molar refractivity (Wildman–Crippen MR) is 142 cm³/mol. The van der Waals surface area contributed by atoms with Crippen LogP contribution in [0.25, 0.3) is 0 Å². The van der Waals surface area contributed by atoms with Crippen molar-refractivity contribution in [1.82, 2.24) is 5.32 Å². The van der Waals surface area contributed by atoms with Crippen LogP contribution in [0.2, 0.25) is 0 Å². The number of carbonyl (C=O) groups excluding carboxylic acids is 3. The van der Waals surface area contributed by atoms with Gasteiger partial charge in [-0.2, -0.15) is 0 Å². The Bertz CT molecular complexity index is 1220. The van der Waals surface area contributed by atoms with Gasteiger partial charge < -0.3 is 24.3 Å². The lowest BCUT2D eigenvalue weighted by atomic mass is 10.1. The van der Waals surface area contributed by atoms with Crippen molar-refractivity contribution in [2.75, 3.05) is 0 Å². The van der Waals surface area contributed by atoms with Crippen LogP contribution in [0.1, 0.15) is 44.4 Å². The minimum Gasteiger partial charge on any atom is -0.485 e. The summed E-state index contributed by atoms with van der Waals surface area (Å²) in [5.41, 5.74) is 1.64. The molecule has 3 aromatic rings. The molecule has 0 heterocycles. The standard InChI is InChI=1S/C30H33NO7/c1-21(32)37-27-18-24(15-16-26(27)35-19-22-11-7-5-8-12-22)17-25(31-29(34)38-30(2,3)4)28(33)36-20-23-13-9-6-10-14-23/h5-16,18,25H,17,19-20H2,1-4H3,(H,31,34)/t25-/m0/s1. The van der Waals surface area contributed by atoms with Gasteiger partial charge >= 0.3 is 18.0 Å². The van der Waals surface area contributed by atoms with Crippen molar-refractivity contribution < 1.29 is 33.3 Å². The Morgan fingerprint density at radius 2 is 1.39 bits per heavy atom. The lowest BCUT2D eigenvalue weighted by Crippen LogP contribution is -2.45. The lowest BCUT2D eigenvalue weighted by Gasteiger charge is -2.23. The number of benzene rings is 3. The maximum absolute atomic E-state index is 13.0. The number of ether oxygens (including phenoxy) is 4. The maximum Gasteiger partial charge on any atom is 0.408 e. The van der Waals surface area contributed by atoms with Crippen LogP contribution in [-0.2, 0) is 38.7 Å². The Labute approximate surface area is 222 Å². The molecule has 0 saturated carbocycles. The SMILES string of the molecule is CC(=O)Oc1cc(C[C@H](NC(=O)OC(C)(C)C)C(=O)OCc2ccccc2)ccc1OCc1ccccc1. The van der Waals surface area contributed by atoms with Gasteiger partial charge in [0.1, 0.15) is 24.9 Å². The van der Waals surface area contributed by atoms with E-state index < -0.39 is 29.7 Å². The van der Waals surface area contributed by atoms with Crippen LogP contribution >= 0.6 is 0 Å². The third-order valence-electron chi connectivity index (χ3n) is 5.14. The molecule has 0 aliphatic carbocycles. The van der Waals surface area contributed by atoms with Crippen molar-refractivity contribution in [3.63, 3.8) is 0 Å². The highest BCUT2D eigenvalue weighted by Crippen LogP contribution is 2.30. The summed E-state index contributed by atoms with van der Waals surface area (Å²) in [7, 11) is 0. The normalized spacial score (nSPS) is 11.7. The zero-order chi connectivity index (χ0) is 27.5. The molecule has 0 aromatic heterocycles. The molecule has 0 bridgehead atoms. The van der Waals surface area contributed by atoms with Crippen molar-refractivity contribution in [2.45, 2.75) is 59.0 Å². The van der Waals surface area contributed by atoms with E-state index >= 15 is 0 Å². The number of amides is 1. The largest absolute Gasteiger partial charge is 0.485 e. The quantitative estimate of drug-likeness (QED) is 0.284. The molecule has 8 nitrogen and oxygen atoms in total. The summed E-state index contributed by atoms with van der Waals surface area (Å²) in [6, 6.07) is 22.8. The molecule has 0 saturated heterocycles. The minimum atomic E-state index is -1.05. The van der Waals surface area contributed by atoms with Crippen LogP contribution in [0.3, 0.4) is 0 Å². The van der Waals surface area contributed by atoms with E-state index in [0.29, 0.717) is 11.3 Å². The van der Waals surface area contributed by atoms with E-state index in [9.17, 15) is 14.4 Å². The highest BCUT2D eigenvalue weighted by molar-refractivity contribution is 5.82. The average molecular weight is 520 g/mol. The first-order valence-corrected chi connectivity index (χ1v) is 12.3. The van der Waals surface area contributed by atoms with Gasteiger partial charge in [0.25, 0.3) is 0 Å². The highest BCUT2D eigenvalue weighted by atomic mass is 16.6. The van der Waals surface area contributed by atoms with Crippen molar-refractivity contribution >= 4 is 18.0 Å². The van der Waals surface area contributed by atoms with E-state index in [1.165, 1.54) is 6.92 Å². The molecule has 3 rings (SSSR count). The molecule has 0 spiro atoms. The molecule has 8 heteroatoms. The summed E-state index contributed by atoms with van der Waals surface area (Å²) < 4.78 is 22.1. The third-order valence-corrected chi connectivity index (χ3v) is 5.14. The number of rotatable bonds is 10. The third kappa shape index (κ3) is 9.61. The van der Waals surface area contributed by atoms with Gasteiger partial charge in [-0.05, 0) is 49.6 Å². The first-order chi connectivity index (χ1) is 18.1. The van der Waals surface area contributed by atoms with E-state index in [-0.39, 0.29) is 25.4 Å². The Hall–Kier alpha value is -4.33. The Kier molecular flexibility index (Phi) is 9.87. The van der Waals surface area contributed by atoms with Crippen molar-refractivity contribution in [3.8, 4) is 11.5 Å². The van der Waals surface area contributed by atoms with Gasteiger partial charge in [0.2, 0.25) is 0 Å². The Balaban J connectivity index is 1.78. The second kappa shape index (κ2) is 13.3. The monoisotopic (exact) mass is 519 g/mol. The number of alkyl carbamates (subject to hydrolysis) is 1. The molecule has 1 atom stereocenters. The number of nitrogens with one attached hydrogen (secondary N) is 1. The van der Waals surface area contributed by atoms with Crippen LogP contribution < -0.4 is 14.8 Å². The van der Waals surface area contributed by atoms with Crippen molar-refractivity contribution in [2.24, 2.45) is 0 Å². The summed E-state index contributed by atoms with van der Waals surface area (Å²) in [6.45, 7) is 6.82. The molecule has 0 aliphatic heterocycles. The van der Waals surface area contributed by atoms with Gasteiger partial charge in [-0.25, -0.2) is 9.59 Å².